The van der Waals surface area contributed by atoms with E-state index >= 15 is 0 Å². The minimum Gasteiger partial charge on any atom is -0.457 e. The number of carbonyl (C=O) groups excluding carboxylic acids is 1. The molecule has 2 aromatic rings. The van der Waals surface area contributed by atoms with Crippen LogP contribution in [0.25, 0.3) is 0 Å². The molecular formula is C13H9BrClNO2. The predicted molar refractivity (Wildman–Crippen MR) is 72.5 cm³/mol. The number of pyridine rings is 1. The van der Waals surface area contributed by atoms with Crippen LogP contribution < -0.4 is 0 Å². The molecule has 1 aromatic carbocycles. The predicted octanol–water partition coefficient (Wildman–Crippen LogP) is 3.85. The lowest BCUT2D eigenvalue weighted by Crippen LogP contribution is -2.05. The number of halogens is 2. The van der Waals surface area contributed by atoms with E-state index in [1.807, 2.05) is 0 Å². The van der Waals surface area contributed by atoms with Gasteiger partial charge in [-0.15, -0.1) is 0 Å². The maximum Gasteiger partial charge on any atom is 0.338 e. The van der Waals surface area contributed by atoms with E-state index in [1.54, 1.807) is 42.6 Å². The number of esters is 1. The van der Waals surface area contributed by atoms with Crippen LogP contribution in [0.3, 0.4) is 0 Å². The topological polar surface area (TPSA) is 39.2 Å². The summed E-state index contributed by atoms with van der Waals surface area (Å²) in [7, 11) is 0. The van der Waals surface area contributed by atoms with Gasteiger partial charge < -0.3 is 4.74 Å². The number of benzene rings is 1. The van der Waals surface area contributed by atoms with Crippen LogP contribution >= 0.6 is 27.5 Å². The summed E-state index contributed by atoms with van der Waals surface area (Å²) in [6.07, 6.45) is 1.59. The summed E-state index contributed by atoms with van der Waals surface area (Å²) in [5.41, 5.74) is 1.18. The second-order valence-electron chi connectivity index (χ2n) is 3.54. The molecule has 0 bridgehead atoms. The maximum atomic E-state index is 11.7. The monoisotopic (exact) mass is 325 g/mol. The summed E-state index contributed by atoms with van der Waals surface area (Å²) in [4.78, 5) is 15.6. The molecule has 0 aliphatic carbocycles. The van der Waals surface area contributed by atoms with Gasteiger partial charge in [0.25, 0.3) is 0 Å². The fraction of sp³-hybridized carbons (Fsp3) is 0.0769. The van der Waals surface area contributed by atoms with Gasteiger partial charge in [0.1, 0.15) is 11.8 Å². The molecule has 0 fully saturated rings. The summed E-state index contributed by atoms with van der Waals surface area (Å²) < 4.78 is 6.07. The molecule has 0 aliphatic rings. The van der Waals surface area contributed by atoms with Crippen LogP contribution in [0.1, 0.15) is 15.9 Å². The molecule has 0 unspecified atom stereocenters. The molecule has 0 atom stereocenters. The van der Waals surface area contributed by atoms with Gasteiger partial charge in [0.05, 0.1) is 5.56 Å². The summed E-state index contributed by atoms with van der Waals surface area (Å²) in [6.45, 7) is 0.113. The van der Waals surface area contributed by atoms with Crippen molar-refractivity contribution in [3.63, 3.8) is 0 Å². The summed E-state index contributed by atoms with van der Waals surface area (Å²) in [5.74, 6) is -0.387. The SMILES string of the molecule is O=C(OCc1cccnc1Cl)c1ccc(Br)cc1. The number of hydrogen-bond acceptors (Lipinski definition) is 3. The highest BCUT2D eigenvalue weighted by atomic mass is 79.9. The molecule has 0 amide bonds. The van der Waals surface area contributed by atoms with Gasteiger partial charge >= 0.3 is 5.97 Å². The number of aromatic nitrogens is 1. The van der Waals surface area contributed by atoms with Gasteiger partial charge in [0.2, 0.25) is 0 Å². The van der Waals surface area contributed by atoms with E-state index in [1.165, 1.54) is 0 Å². The fourth-order valence-corrected chi connectivity index (χ4v) is 1.78. The Morgan fingerprint density at radius 3 is 2.67 bits per heavy atom. The largest absolute Gasteiger partial charge is 0.457 e. The first-order chi connectivity index (χ1) is 8.66. The lowest BCUT2D eigenvalue weighted by atomic mass is 10.2. The second kappa shape index (κ2) is 5.98. The van der Waals surface area contributed by atoms with Crippen molar-refractivity contribution >= 4 is 33.5 Å². The molecule has 3 nitrogen and oxygen atoms in total. The Bertz CT molecular complexity index is 557. The minimum atomic E-state index is -0.387. The molecule has 1 heterocycles. The average molecular weight is 327 g/mol. The third kappa shape index (κ3) is 3.31. The van der Waals surface area contributed by atoms with Crippen LogP contribution in [0.4, 0.5) is 0 Å². The van der Waals surface area contributed by atoms with Crippen molar-refractivity contribution in [1.29, 1.82) is 0 Å². The summed E-state index contributed by atoms with van der Waals surface area (Å²) in [6, 6.07) is 10.5. The molecule has 92 valence electrons. The first-order valence-electron chi connectivity index (χ1n) is 5.19. The molecular weight excluding hydrogens is 318 g/mol. The number of nitrogens with zero attached hydrogens (tertiary/aromatic N) is 1. The van der Waals surface area contributed by atoms with E-state index < -0.39 is 0 Å². The number of carbonyl (C=O) groups is 1. The minimum absolute atomic E-state index is 0.113. The number of hydrogen-bond donors (Lipinski definition) is 0. The highest BCUT2D eigenvalue weighted by Crippen LogP contribution is 2.15. The first-order valence-corrected chi connectivity index (χ1v) is 6.36. The Balaban J connectivity index is 2.01. The van der Waals surface area contributed by atoms with Gasteiger partial charge in [-0.1, -0.05) is 33.6 Å². The van der Waals surface area contributed by atoms with Gasteiger partial charge in [-0.3, -0.25) is 0 Å². The van der Waals surface area contributed by atoms with E-state index in [-0.39, 0.29) is 12.6 Å². The Morgan fingerprint density at radius 2 is 2.00 bits per heavy atom. The third-order valence-electron chi connectivity index (χ3n) is 2.28. The molecule has 0 saturated heterocycles. The molecule has 2 rings (SSSR count). The van der Waals surface area contributed by atoms with E-state index in [9.17, 15) is 4.79 Å². The lowest BCUT2D eigenvalue weighted by Gasteiger charge is -2.05. The summed E-state index contributed by atoms with van der Waals surface area (Å²) in [5, 5.41) is 0.348. The summed E-state index contributed by atoms with van der Waals surface area (Å²) >= 11 is 9.17. The molecule has 5 heteroatoms. The van der Waals surface area contributed by atoms with Crippen molar-refractivity contribution in [1.82, 2.24) is 4.98 Å². The Labute approximate surface area is 118 Å². The van der Waals surface area contributed by atoms with Crippen LogP contribution in [-0.4, -0.2) is 11.0 Å². The zero-order valence-electron chi connectivity index (χ0n) is 9.27. The van der Waals surface area contributed by atoms with Crippen LogP contribution in [-0.2, 0) is 11.3 Å². The Morgan fingerprint density at radius 1 is 1.28 bits per heavy atom. The van der Waals surface area contributed by atoms with Crippen molar-refractivity contribution in [3.8, 4) is 0 Å². The van der Waals surface area contributed by atoms with E-state index in [2.05, 4.69) is 20.9 Å². The van der Waals surface area contributed by atoms with Crippen LogP contribution in [0, 0.1) is 0 Å². The van der Waals surface area contributed by atoms with E-state index in [0.717, 1.165) is 4.47 Å². The average Bonchev–Trinajstić information content (AvgIpc) is 2.38. The van der Waals surface area contributed by atoms with Crippen molar-refractivity contribution < 1.29 is 9.53 Å². The van der Waals surface area contributed by atoms with Gasteiger partial charge in [-0.2, -0.15) is 0 Å². The lowest BCUT2D eigenvalue weighted by molar-refractivity contribution is 0.0472. The zero-order chi connectivity index (χ0) is 13.0. The molecule has 0 radical (unpaired) electrons. The van der Waals surface area contributed by atoms with Crippen molar-refractivity contribution in [3.05, 3.63) is 63.3 Å². The Hall–Kier alpha value is -1.39. The van der Waals surface area contributed by atoms with Crippen LogP contribution in [0.5, 0.6) is 0 Å². The van der Waals surface area contributed by atoms with Crippen LogP contribution in [0.15, 0.2) is 47.1 Å². The molecule has 18 heavy (non-hydrogen) atoms. The van der Waals surface area contributed by atoms with Crippen LogP contribution in [0.2, 0.25) is 5.15 Å². The third-order valence-corrected chi connectivity index (χ3v) is 3.14. The first kappa shape index (κ1) is 13.1. The second-order valence-corrected chi connectivity index (χ2v) is 4.81. The Kier molecular flexibility index (Phi) is 4.33. The van der Waals surface area contributed by atoms with E-state index in [0.29, 0.717) is 16.3 Å². The molecule has 0 aliphatic heterocycles. The highest BCUT2D eigenvalue weighted by Gasteiger charge is 2.08. The smallest absolute Gasteiger partial charge is 0.338 e. The van der Waals surface area contributed by atoms with Gasteiger partial charge in [-0.05, 0) is 30.3 Å². The fourth-order valence-electron chi connectivity index (χ4n) is 1.34. The number of rotatable bonds is 3. The van der Waals surface area contributed by atoms with Crippen molar-refractivity contribution in [2.24, 2.45) is 0 Å². The highest BCUT2D eigenvalue weighted by molar-refractivity contribution is 9.10. The van der Waals surface area contributed by atoms with Crippen molar-refractivity contribution in [2.45, 2.75) is 6.61 Å². The molecule has 0 saturated carbocycles. The van der Waals surface area contributed by atoms with Gasteiger partial charge in [0.15, 0.2) is 0 Å². The zero-order valence-corrected chi connectivity index (χ0v) is 11.6. The molecule has 1 aromatic heterocycles. The quantitative estimate of drug-likeness (QED) is 0.635. The maximum absolute atomic E-state index is 11.7. The van der Waals surface area contributed by atoms with E-state index in [4.69, 9.17) is 16.3 Å². The molecule has 0 N–H and O–H groups in total. The molecule has 0 spiro atoms. The standard InChI is InChI=1S/C13H9BrClNO2/c14-11-5-3-9(4-6-11)13(17)18-8-10-2-1-7-16-12(10)15/h1-7H,8H2. The normalized spacial score (nSPS) is 10.1. The van der Waals surface area contributed by atoms with Crippen molar-refractivity contribution in [2.75, 3.05) is 0 Å². The number of ether oxygens (including phenoxy) is 1. The van der Waals surface area contributed by atoms with Gasteiger partial charge in [0, 0.05) is 16.2 Å². The van der Waals surface area contributed by atoms with Gasteiger partial charge in [-0.25, -0.2) is 9.78 Å².